The van der Waals surface area contributed by atoms with Gasteiger partial charge in [-0.15, -0.1) is 0 Å². The van der Waals surface area contributed by atoms with Gasteiger partial charge in [-0.05, 0) is 30.0 Å². The highest BCUT2D eigenvalue weighted by Gasteiger charge is 2.28. The zero-order valence-electron chi connectivity index (χ0n) is 12.2. The Balaban J connectivity index is 2.40. The Hall–Kier alpha value is -1.97. The SMILES string of the molecule is CC1Cn2c(C(=O)O)cc3c(C(C)(C)C)ccc(c32)O1. The number of ether oxygens (including phenoxy) is 1. The third-order valence-electron chi connectivity index (χ3n) is 3.82. The summed E-state index contributed by atoms with van der Waals surface area (Å²) in [5.74, 6) is -0.111. The molecule has 1 N–H and O–H groups in total. The van der Waals surface area contributed by atoms with Crippen molar-refractivity contribution >= 4 is 16.9 Å². The predicted octanol–water partition coefficient (Wildman–Crippen LogP) is 3.42. The number of carbonyl (C=O) groups is 1. The van der Waals surface area contributed by atoms with Crippen LogP contribution in [0.15, 0.2) is 18.2 Å². The molecule has 0 saturated heterocycles. The zero-order chi connectivity index (χ0) is 14.7. The van der Waals surface area contributed by atoms with E-state index in [1.807, 2.05) is 23.6 Å². The van der Waals surface area contributed by atoms with Crippen LogP contribution in [-0.2, 0) is 12.0 Å². The lowest BCUT2D eigenvalue weighted by atomic mass is 9.84. The van der Waals surface area contributed by atoms with Crippen LogP contribution in [0.4, 0.5) is 0 Å². The average Bonchev–Trinajstić information content (AvgIpc) is 2.68. The number of carboxylic acid groups (broad SMARTS) is 1. The lowest BCUT2D eigenvalue weighted by Gasteiger charge is -2.26. The van der Waals surface area contributed by atoms with Crippen molar-refractivity contribution in [2.75, 3.05) is 0 Å². The normalized spacial score (nSPS) is 18.1. The van der Waals surface area contributed by atoms with Crippen LogP contribution in [0.1, 0.15) is 43.7 Å². The smallest absolute Gasteiger partial charge is 0.352 e. The molecule has 1 aliphatic rings. The summed E-state index contributed by atoms with van der Waals surface area (Å²) in [5, 5.41) is 10.4. The average molecular weight is 273 g/mol. The van der Waals surface area contributed by atoms with Gasteiger partial charge >= 0.3 is 5.97 Å². The van der Waals surface area contributed by atoms with Gasteiger partial charge in [0.25, 0.3) is 0 Å². The Morgan fingerprint density at radius 1 is 1.40 bits per heavy atom. The van der Waals surface area contributed by atoms with E-state index in [-0.39, 0.29) is 11.5 Å². The molecule has 0 aliphatic carbocycles. The number of hydrogen-bond acceptors (Lipinski definition) is 2. The van der Waals surface area contributed by atoms with E-state index in [9.17, 15) is 9.90 Å². The quantitative estimate of drug-likeness (QED) is 0.866. The van der Waals surface area contributed by atoms with Crippen molar-refractivity contribution in [3.05, 3.63) is 29.5 Å². The van der Waals surface area contributed by atoms with Gasteiger partial charge in [-0.25, -0.2) is 4.79 Å². The molecule has 0 saturated carbocycles. The summed E-state index contributed by atoms with van der Waals surface area (Å²) in [7, 11) is 0. The molecule has 1 atom stereocenters. The van der Waals surface area contributed by atoms with E-state index in [4.69, 9.17) is 4.74 Å². The van der Waals surface area contributed by atoms with Crippen LogP contribution >= 0.6 is 0 Å². The van der Waals surface area contributed by atoms with Crippen molar-refractivity contribution in [2.45, 2.75) is 45.8 Å². The monoisotopic (exact) mass is 273 g/mol. The van der Waals surface area contributed by atoms with Gasteiger partial charge in [-0.1, -0.05) is 26.8 Å². The van der Waals surface area contributed by atoms with Crippen LogP contribution in [0, 0.1) is 0 Å². The number of rotatable bonds is 1. The zero-order valence-corrected chi connectivity index (χ0v) is 12.2. The van der Waals surface area contributed by atoms with Gasteiger partial charge in [0.15, 0.2) is 0 Å². The second kappa shape index (κ2) is 4.01. The minimum absolute atomic E-state index is 0.0170. The fourth-order valence-corrected chi connectivity index (χ4v) is 2.97. The van der Waals surface area contributed by atoms with Crippen molar-refractivity contribution in [2.24, 2.45) is 0 Å². The molecule has 0 spiro atoms. The summed E-state index contributed by atoms with van der Waals surface area (Å²) in [6.07, 6.45) is -0.0170. The van der Waals surface area contributed by atoms with Crippen molar-refractivity contribution in [1.82, 2.24) is 4.57 Å². The third-order valence-corrected chi connectivity index (χ3v) is 3.82. The van der Waals surface area contributed by atoms with Crippen LogP contribution in [0.2, 0.25) is 0 Å². The molecule has 2 aromatic rings. The molecule has 106 valence electrons. The number of hydrogen-bond donors (Lipinski definition) is 1. The van der Waals surface area contributed by atoms with Gasteiger partial charge in [-0.2, -0.15) is 0 Å². The van der Waals surface area contributed by atoms with Gasteiger partial charge in [0.05, 0.1) is 12.1 Å². The standard InChI is InChI=1S/C16H19NO3/c1-9-8-17-12(15(18)19)7-10-11(16(2,3)4)5-6-13(20-9)14(10)17/h5-7,9H,8H2,1-4H3,(H,18,19). The predicted molar refractivity (Wildman–Crippen MR) is 77.7 cm³/mol. The first-order valence-corrected chi connectivity index (χ1v) is 6.85. The molecule has 1 aromatic carbocycles. The van der Waals surface area contributed by atoms with Gasteiger partial charge in [0.2, 0.25) is 0 Å². The van der Waals surface area contributed by atoms with Crippen LogP contribution < -0.4 is 4.74 Å². The van der Waals surface area contributed by atoms with Gasteiger partial charge < -0.3 is 14.4 Å². The van der Waals surface area contributed by atoms with Crippen LogP contribution in [0.3, 0.4) is 0 Å². The molecule has 20 heavy (non-hydrogen) atoms. The van der Waals surface area contributed by atoms with Crippen molar-refractivity contribution in [3.63, 3.8) is 0 Å². The molecule has 4 heteroatoms. The summed E-state index contributed by atoms with van der Waals surface area (Å²) in [5.41, 5.74) is 2.36. The Morgan fingerprint density at radius 3 is 2.70 bits per heavy atom. The highest BCUT2D eigenvalue weighted by atomic mass is 16.5. The van der Waals surface area contributed by atoms with E-state index in [2.05, 4.69) is 20.8 Å². The van der Waals surface area contributed by atoms with E-state index in [0.29, 0.717) is 12.2 Å². The minimum Gasteiger partial charge on any atom is -0.487 e. The molecule has 0 amide bonds. The fourth-order valence-electron chi connectivity index (χ4n) is 2.97. The topological polar surface area (TPSA) is 51.5 Å². The van der Waals surface area contributed by atoms with Crippen molar-refractivity contribution in [1.29, 1.82) is 0 Å². The third kappa shape index (κ3) is 1.79. The van der Waals surface area contributed by atoms with E-state index in [1.54, 1.807) is 6.07 Å². The van der Waals surface area contributed by atoms with Crippen molar-refractivity contribution < 1.29 is 14.6 Å². The number of aromatic carboxylic acids is 1. The number of nitrogens with zero attached hydrogens (tertiary/aromatic N) is 1. The molecule has 0 fully saturated rings. The molecule has 0 bridgehead atoms. The molecule has 0 radical (unpaired) electrons. The lowest BCUT2D eigenvalue weighted by molar-refractivity contribution is 0.0681. The Bertz CT molecular complexity index is 707. The fraction of sp³-hybridized carbons (Fsp3) is 0.438. The number of aromatic nitrogens is 1. The minimum atomic E-state index is -0.888. The van der Waals surface area contributed by atoms with E-state index in [0.717, 1.165) is 22.2 Å². The molecule has 2 heterocycles. The van der Waals surface area contributed by atoms with Crippen LogP contribution in [0.5, 0.6) is 5.75 Å². The first-order valence-electron chi connectivity index (χ1n) is 6.85. The number of carboxylic acids is 1. The largest absolute Gasteiger partial charge is 0.487 e. The van der Waals surface area contributed by atoms with E-state index >= 15 is 0 Å². The highest BCUT2D eigenvalue weighted by Crippen LogP contribution is 2.39. The second-order valence-corrected chi connectivity index (χ2v) is 6.50. The van der Waals surface area contributed by atoms with E-state index < -0.39 is 5.97 Å². The van der Waals surface area contributed by atoms with E-state index in [1.165, 1.54) is 0 Å². The molecule has 1 aromatic heterocycles. The maximum Gasteiger partial charge on any atom is 0.352 e. The number of benzene rings is 1. The summed E-state index contributed by atoms with van der Waals surface area (Å²) in [6, 6.07) is 5.79. The lowest BCUT2D eigenvalue weighted by Crippen LogP contribution is -2.26. The molecule has 4 nitrogen and oxygen atoms in total. The van der Waals surface area contributed by atoms with Gasteiger partial charge in [-0.3, -0.25) is 0 Å². The van der Waals surface area contributed by atoms with Crippen LogP contribution in [-0.4, -0.2) is 21.7 Å². The first-order chi connectivity index (χ1) is 9.29. The summed E-state index contributed by atoms with van der Waals surface area (Å²) in [4.78, 5) is 11.5. The molecular weight excluding hydrogens is 254 g/mol. The highest BCUT2D eigenvalue weighted by molar-refractivity contribution is 5.99. The first kappa shape index (κ1) is 13.0. The van der Waals surface area contributed by atoms with Gasteiger partial charge in [0, 0.05) is 5.39 Å². The summed E-state index contributed by atoms with van der Waals surface area (Å²) < 4.78 is 7.72. The maximum absolute atomic E-state index is 11.5. The molecule has 1 unspecified atom stereocenters. The maximum atomic E-state index is 11.5. The summed E-state index contributed by atoms with van der Waals surface area (Å²) >= 11 is 0. The Kier molecular flexibility index (Phi) is 2.61. The van der Waals surface area contributed by atoms with Crippen molar-refractivity contribution in [3.8, 4) is 5.75 Å². The Labute approximate surface area is 118 Å². The summed E-state index contributed by atoms with van der Waals surface area (Å²) in [6.45, 7) is 8.93. The Morgan fingerprint density at radius 2 is 2.10 bits per heavy atom. The van der Waals surface area contributed by atoms with Crippen LogP contribution in [0.25, 0.3) is 10.9 Å². The molecule has 1 aliphatic heterocycles. The molecular formula is C16H19NO3. The molecule has 3 rings (SSSR count). The second-order valence-electron chi connectivity index (χ2n) is 6.50. The van der Waals surface area contributed by atoms with Gasteiger partial charge in [0.1, 0.15) is 17.5 Å².